The standard InChI is InChI=1S/C36H36O17/c37-11-25-29(47)30(48)31(49)36(51-25)53-35-28(26-21(44)7-14(38)8-24(26)50-33(35)13-2-4-17(40)20(43)6-13)27-22(45)10-18(41)15-9-23(46)32(52-34(15)27)12-1-3-16(39)19(42)5-12/h1-8,10,23,25,28-33,35-49H,9,11H2/t23-,25-,28+,29+,30-,31-,32-,33-,35+,36+/m1/s1. The third-order valence-corrected chi connectivity index (χ3v) is 9.79. The normalized spacial score (nSPS) is 29.4. The van der Waals surface area contributed by atoms with Gasteiger partial charge in [-0.2, -0.15) is 0 Å². The average Bonchev–Trinajstić information content (AvgIpc) is 3.11. The summed E-state index contributed by atoms with van der Waals surface area (Å²) >= 11 is 0. The summed E-state index contributed by atoms with van der Waals surface area (Å²) in [7, 11) is 0. The zero-order valence-corrected chi connectivity index (χ0v) is 27.3. The molecule has 1 saturated heterocycles. The Morgan fingerprint density at radius 1 is 0.604 bits per heavy atom. The van der Waals surface area contributed by atoms with Crippen LogP contribution in [0.4, 0.5) is 0 Å². The fourth-order valence-electron chi connectivity index (χ4n) is 7.17. The molecule has 0 bridgehead atoms. The van der Waals surface area contributed by atoms with Gasteiger partial charge in [-0.15, -0.1) is 0 Å². The highest BCUT2D eigenvalue weighted by Gasteiger charge is 2.52. The van der Waals surface area contributed by atoms with Crippen molar-refractivity contribution in [3.63, 3.8) is 0 Å². The molecule has 17 heteroatoms. The van der Waals surface area contributed by atoms with Gasteiger partial charge in [-0.1, -0.05) is 12.1 Å². The van der Waals surface area contributed by atoms with Crippen LogP contribution in [0.2, 0.25) is 0 Å². The number of phenols is 8. The van der Waals surface area contributed by atoms with Crippen LogP contribution in [0.3, 0.4) is 0 Å². The zero-order chi connectivity index (χ0) is 38.0. The molecule has 0 unspecified atom stereocenters. The first kappa shape index (κ1) is 36.0. The number of fused-ring (bicyclic) bond motifs is 2. The van der Waals surface area contributed by atoms with Crippen LogP contribution in [-0.2, 0) is 15.9 Å². The van der Waals surface area contributed by atoms with Crippen molar-refractivity contribution in [1.29, 1.82) is 0 Å². The van der Waals surface area contributed by atoms with E-state index >= 15 is 0 Å². The highest BCUT2D eigenvalue weighted by Crippen LogP contribution is 2.58. The smallest absolute Gasteiger partial charge is 0.187 e. The number of hydrogen-bond acceptors (Lipinski definition) is 17. The molecule has 13 N–H and O–H groups in total. The second-order valence-corrected chi connectivity index (χ2v) is 13.1. The van der Waals surface area contributed by atoms with Gasteiger partial charge in [0.2, 0.25) is 0 Å². The predicted molar refractivity (Wildman–Crippen MR) is 176 cm³/mol. The molecular weight excluding hydrogens is 704 g/mol. The minimum absolute atomic E-state index is 0.0127. The van der Waals surface area contributed by atoms with Crippen LogP contribution in [0.1, 0.15) is 45.9 Å². The van der Waals surface area contributed by atoms with E-state index in [2.05, 4.69) is 0 Å². The summed E-state index contributed by atoms with van der Waals surface area (Å²) in [5.74, 6) is -6.21. The summed E-state index contributed by atoms with van der Waals surface area (Å²) in [6.07, 6.45) is -14.9. The Morgan fingerprint density at radius 3 is 1.85 bits per heavy atom. The van der Waals surface area contributed by atoms with E-state index < -0.39 is 114 Å². The number of aliphatic hydroxyl groups is 5. The third kappa shape index (κ3) is 6.17. The molecule has 282 valence electrons. The van der Waals surface area contributed by atoms with Crippen LogP contribution in [0.5, 0.6) is 57.5 Å². The lowest BCUT2D eigenvalue weighted by Gasteiger charge is -2.46. The van der Waals surface area contributed by atoms with E-state index in [-0.39, 0.29) is 45.7 Å². The Bertz CT molecular complexity index is 2030. The fraction of sp³-hybridized carbons (Fsp3) is 0.333. The van der Waals surface area contributed by atoms with E-state index in [1.54, 1.807) is 0 Å². The van der Waals surface area contributed by atoms with Crippen molar-refractivity contribution < 1.29 is 85.3 Å². The van der Waals surface area contributed by atoms with Gasteiger partial charge in [-0.05, 0) is 35.4 Å². The molecule has 3 aliphatic rings. The molecule has 0 amide bonds. The van der Waals surface area contributed by atoms with Crippen molar-refractivity contribution >= 4 is 0 Å². The van der Waals surface area contributed by atoms with Crippen molar-refractivity contribution in [1.82, 2.24) is 0 Å². The zero-order valence-electron chi connectivity index (χ0n) is 27.3. The number of aliphatic hydroxyl groups excluding tert-OH is 5. The van der Waals surface area contributed by atoms with Gasteiger partial charge in [0.15, 0.2) is 35.4 Å². The Hall–Kier alpha value is -5.40. The fourth-order valence-corrected chi connectivity index (χ4v) is 7.17. The quantitative estimate of drug-likeness (QED) is 0.122. The van der Waals surface area contributed by atoms with E-state index in [4.69, 9.17) is 18.9 Å². The van der Waals surface area contributed by atoms with Gasteiger partial charge in [-0.25, -0.2) is 0 Å². The van der Waals surface area contributed by atoms with Crippen LogP contribution in [0.25, 0.3) is 0 Å². The largest absolute Gasteiger partial charge is 0.508 e. The molecule has 53 heavy (non-hydrogen) atoms. The van der Waals surface area contributed by atoms with E-state index in [9.17, 15) is 66.4 Å². The first-order chi connectivity index (χ1) is 25.2. The minimum Gasteiger partial charge on any atom is -0.508 e. The summed E-state index contributed by atoms with van der Waals surface area (Å²) in [6, 6.07) is 10.3. The molecule has 10 atom stereocenters. The maximum atomic E-state index is 11.7. The molecule has 7 rings (SSSR count). The van der Waals surface area contributed by atoms with Crippen molar-refractivity contribution in [2.24, 2.45) is 0 Å². The van der Waals surface area contributed by atoms with E-state index in [1.807, 2.05) is 0 Å². The first-order valence-corrected chi connectivity index (χ1v) is 16.3. The van der Waals surface area contributed by atoms with E-state index in [1.165, 1.54) is 18.2 Å². The number of phenolic OH excluding ortho intramolecular Hbond substituents is 8. The molecule has 0 radical (unpaired) electrons. The number of aromatic hydroxyl groups is 8. The molecule has 4 aromatic rings. The molecule has 3 aliphatic heterocycles. The van der Waals surface area contributed by atoms with Gasteiger partial charge in [-0.3, -0.25) is 0 Å². The average molecular weight is 741 g/mol. The molecule has 0 aromatic heterocycles. The summed E-state index contributed by atoms with van der Waals surface area (Å²) in [5.41, 5.74) is -0.0891. The highest BCUT2D eigenvalue weighted by atomic mass is 16.7. The van der Waals surface area contributed by atoms with Crippen LogP contribution in [0.15, 0.2) is 54.6 Å². The molecular formula is C36H36O17. The SMILES string of the molecule is OC[C@H]1O[C@@H](O[C@H]2[C@H](c3c(O)cc(O)c4c3O[C@H](c3ccc(O)c(O)c3)[C@H](O)C4)c3c(O)cc(O)cc3O[C@@H]2c2ccc(O)c(O)c2)[C@H](O)[C@H](O)[C@H]1O. The molecule has 3 heterocycles. The van der Waals surface area contributed by atoms with Crippen LogP contribution >= 0.6 is 0 Å². The molecule has 1 fully saturated rings. The number of ether oxygens (including phenoxy) is 4. The van der Waals surface area contributed by atoms with Gasteiger partial charge in [0.05, 0.1) is 18.6 Å². The van der Waals surface area contributed by atoms with Crippen LogP contribution in [0, 0.1) is 0 Å². The summed E-state index contributed by atoms with van der Waals surface area (Å²) in [6.45, 7) is -0.815. The molecule has 17 nitrogen and oxygen atoms in total. The summed E-state index contributed by atoms with van der Waals surface area (Å²) in [4.78, 5) is 0. The molecule has 0 spiro atoms. The van der Waals surface area contributed by atoms with Gasteiger partial charge >= 0.3 is 0 Å². The minimum atomic E-state index is -1.96. The Kier molecular flexibility index (Phi) is 9.19. The highest BCUT2D eigenvalue weighted by molar-refractivity contribution is 5.66. The summed E-state index contributed by atoms with van der Waals surface area (Å²) < 4.78 is 24.6. The second kappa shape index (κ2) is 13.5. The van der Waals surface area contributed by atoms with E-state index in [0.717, 1.165) is 36.4 Å². The number of rotatable bonds is 6. The molecule has 4 aromatic carbocycles. The van der Waals surface area contributed by atoms with Gasteiger partial charge in [0, 0.05) is 41.3 Å². The topological polar surface area (TPSA) is 300 Å². The lowest BCUT2D eigenvalue weighted by atomic mass is 9.77. The Balaban J connectivity index is 1.46. The van der Waals surface area contributed by atoms with Crippen molar-refractivity contribution in [3.05, 3.63) is 82.4 Å². The Labute approximate surface area is 299 Å². The maximum Gasteiger partial charge on any atom is 0.187 e. The molecule has 0 saturated carbocycles. The Morgan fingerprint density at radius 2 is 1.23 bits per heavy atom. The lowest BCUT2D eigenvalue weighted by Crippen LogP contribution is -2.60. The van der Waals surface area contributed by atoms with E-state index in [0.29, 0.717) is 0 Å². The maximum absolute atomic E-state index is 11.7. The monoisotopic (exact) mass is 740 g/mol. The van der Waals surface area contributed by atoms with Crippen LogP contribution in [-0.4, -0.2) is 116 Å². The number of benzene rings is 4. The molecule has 0 aliphatic carbocycles. The van der Waals surface area contributed by atoms with Gasteiger partial charge in [0.25, 0.3) is 0 Å². The first-order valence-electron chi connectivity index (χ1n) is 16.3. The summed E-state index contributed by atoms with van der Waals surface area (Å²) in [5, 5.41) is 138. The van der Waals surface area contributed by atoms with Gasteiger partial charge in [0.1, 0.15) is 71.1 Å². The third-order valence-electron chi connectivity index (χ3n) is 9.79. The second-order valence-electron chi connectivity index (χ2n) is 13.1. The van der Waals surface area contributed by atoms with Crippen molar-refractivity contribution in [2.45, 2.75) is 67.5 Å². The number of hydrogen-bond donors (Lipinski definition) is 13. The van der Waals surface area contributed by atoms with Crippen molar-refractivity contribution in [3.8, 4) is 57.5 Å². The predicted octanol–water partition coefficient (Wildman–Crippen LogP) is 0.819. The van der Waals surface area contributed by atoms with Gasteiger partial charge < -0.3 is 85.3 Å². The van der Waals surface area contributed by atoms with Crippen LogP contribution < -0.4 is 9.47 Å². The van der Waals surface area contributed by atoms with Crippen molar-refractivity contribution in [2.75, 3.05) is 6.61 Å². The lowest BCUT2D eigenvalue weighted by molar-refractivity contribution is -0.318.